The molecule has 3 heterocycles. The van der Waals surface area contributed by atoms with Crippen molar-refractivity contribution in [3.63, 3.8) is 0 Å². The fourth-order valence-electron chi connectivity index (χ4n) is 3.28. The maximum atomic E-state index is 13.5. The van der Waals surface area contributed by atoms with E-state index < -0.39 is 23.1 Å². The van der Waals surface area contributed by atoms with E-state index >= 15 is 0 Å². The van der Waals surface area contributed by atoms with Crippen molar-refractivity contribution in [2.24, 2.45) is 5.41 Å². The summed E-state index contributed by atoms with van der Waals surface area (Å²) in [5.74, 6) is -0.515. The second kappa shape index (κ2) is 7.99. The Hall–Kier alpha value is -3.75. The molecule has 4 aromatic rings. The highest BCUT2D eigenvalue weighted by atomic mass is 19.4. The van der Waals surface area contributed by atoms with E-state index in [0.29, 0.717) is 22.6 Å². The number of nitrogens with zero attached hydrogens (tertiary/aromatic N) is 4. The van der Waals surface area contributed by atoms with Crippen LogP contribution in [0.3, 0.4) is 0 Å². The van der Waals surface area contributed by atoms with Crippen LogP contribution >= 0.6 is 0 Å². The van der Waals surface area contributed by atoms with Gasteiger partial charge in [-0.25, -0.2) is 9.50 Å². The molecule has 0 spiro atoms. The van der Waals surface area contributed by atoms with Gasteiger partial charge in [0, 0.05) is 28.4 Å². The zero-order valence-corrected chi connectivity index (χ0v) is 18.5. The summed E-state index contributed by atoms with van der Waals surface area (Å²) in [6.07, 6.45) is -1.27. The van der Waals surface area contributed by atoms with Crippen LogP contribution in [0.15, 0.2) is 54.9 Å². The van der Waals surface area contributed by atoms with E-state index in [1.807, 2.05) is 25.1 Å². The number of hydrogen-bond acceptors (Lipinski definition) is 4. The van der Waals surface area contributed by atoms with Gasteiger partial charge in [0.25, 0.3) is 0 Å². The summed E-state index contributed by atoms with van der Waals surface area (Å²) in [6, 6.07) is 10.9. The van der Waals surface area contributed by atoms with Crippen molar-refractivity contribution in [1.82, 2.24) is 19.6 Å². The van der Waals surface area contributed by atoms with Crippen LogP contribution in [0.2, 0.25) is 0 Å². The molecule has 3 aromatic heterocycles. The number of anilines is 1. The number of imidazole rings is 1. The second-order valence-electron chi connectivity index (χ2n) is 8.75. The number of pyridine rings is 1. The van der Waals surface area contributed by atoms with Crippen molar-refractivity contribution < 1.29 is 18.0 Å². The molecule has 6 nitrogen and oxygen atoms in total. The Morgan fingerprint density at radius 3 is 2.45 bits per heavy atom. The van der Waals surface area contributed by atoms with Crippen molar-refractivity contribution in [1.29, 1.82) is 0 Å². The van der Waals surface area contributed by atoms with Gasteiger partial charge in [-0.15, -0.1) is 0 Å². The van der Waals surface area contributed by atoms with Gasteiger partial charge in [0.2, 0.25) is 5.91 Å². The lowest BCUT2D eigenvalue weighted by Crippen LogP contribution is -2.28. The number of nitrogens with one attached hydrogen (secondary N) is 1. The molecule has 0 aliphatic heterocycles. The number of carbonyl (C=O) groups excluding carboxylic acids is 1. The van der Waals surface area contributed by atoms with Gasteiger partial charge in [-0.1, -0.05) is 26.8 Å². The van der Waals surface area contributed by atoms with Gasteiger partial charge < -0.3 is 5.32 Å². The minimum absolute atomic E-state index is 0.309. The molecule has 0 saturated carbocycles. The Morgan fingerprint density at radius 2 is 1.79 bits per heavy atom. The highest BCUT2D eigenvalue weighted by molar-refractivity contribution is 5.96. The molecule has 0 atom stereocenters. The summed E-state index contributed by atoms with van der Waals surface area (Å²) in [7, 11) is 0. The lowest BCUT2D eigenvalue weighted by atomic mass is 9.95. The Kier molecular flexibility index (Phi) is 5.43. The summed E-state index contributed by atoms with van der Waals surface area (Å²) >= 11 is 0. The summed E-state index contributed by atoms with van der Waals surface area (Å²) in [5, 5.41) is 7.00. The standard InChI is InChI=1S/C24H22F3N5O/c1-14-16(6-5-11-28-14)18-9-10-21-29-20(13-32(21)31-18)15-7-8-17(24(25,26)27)19(12-15)30-22(33)23(2,3)4/h5-13H,1-4H3,(H,30,33). The van der Waals surface area contributed by atoms with E-state index in [0.717, 1.165) is 17.3 Å². The molecule has 0 aliphatic carbocycles. The average molecular weight is 453 g/mol. The van der Waals surface area contributed by atoms with Crippen LogP contribution in [0.4, 0.5) is 18.9 Å². The molecule has 33 heavy (non-hydrogen) atoms. The van der Waals surface area contributed by atoms with E-state index in [4.69, 9.17) is 0 Å². The van der Waals surface area contributed by atoms with Crippen molar-refractivity contribution >= 4 is 17.2 Å². The number of benzene rings is 1. The molecular weight excluding hydrogens is 431 g/mol. The third-order valence-corrected chi connectivity index (χ3v) is 5.15. The summed E-state index contributed by atoms with van der Waals surface area (Å²) < 4.78 is 42.2. The molecule has 1 N–H and O–H groups in total. The summed E-state index contributed by atoms with van der Waals surface area (Å²) in [4.78, 5) is 21.2. The fraction of sp³-hybridized carbons (Fsp3) is 0.250. The lowest BCUT2D eigenvalue weighted by molar-refractivity contribution is -0.137. The van der Waals surface area contributed by atoms with E-state index in [-0.39, 0.29) is 5.69 Å². The molecule has 0 radical (unpaired) electrons. The van der Waals surface area contributed by atoms with Gasteiger partial charge in [0.15, 0.2) is 5.65 Å². The van der Waals surface area contributed by atoms with Gasteiger partial charge in [0.1, 0.15) is 0 Å². The van der Waals surface area contributed by atoms with Gasteiger partial charge in [0.05, 0.1) is 28.8 Å². The van der Waals surface area contributed by atoms with Crippen molar-refractivity contribution in [3.05, 3.63) is 66.1 Å². The molecule has 0 aliphatic rings. The number of rotatable bonds is 3. The van der Waals surface area contributed by atoms with E-state index in [1.54, 1.807) is 43.7 Å². The van der Waals surface area contributed by atoms with Gasteiger partial charge in [-0.05, 0) is 43.3 Å². The van der Waals surface area contributed by atoms with Crippen LogP contribution in [0, 0.1) is 12.3 Å². The van der Waals surface area contributed by atoms with Crippen molar-refractivity contribution in [2.75, 3.05) is 5.32 Å². The first-order valence-electron chi connectivity index (χ1n) is 10.2. The monoisotopic (exact) mass is 453 g/mol. The Morgan fingerprint density at radius 1 is 1.03 bits per heavy atom. The first kappa shape index (κ1) is 22.4. The predicted molar refractivity (Wildman–Crippen MR) is 119 cm³/mol. The highest BCUT2D eigenvalue weighted by Gasteiger charge is 2.35. The number of aryl methyl sites for hydroxylation is 1. The quantitative estimate of drug-likeness (QED) is 0.427. The highest BCUT2D eigenvalue weighted by Crippen LogP contribution is 2.38. The van der Waals surface area contributed by atoms with Crippen LogP contribution in [-0.2, 0) is 11.0 Å². The number of carbonyl (C=O) groups is 1. The van der Waals surface area contributed by atoms with Gasteiger partial charge >= 0.3 is 6.18 Å². The normalized spacial score (nSPS) is 12.2. The Bertz CT molecular complexity index is 1350. The zero-order valence-electron chi connectivity index (χ0n) is 18.5. The molecule has 9 heteroatoms. The largest absolute Gasteiger partial charge is 0.418 e. The van der Waals surface area contributed by atoms with E-state index in [1.165, 1.54) is 12.1 Å². The molecule has 0 unspecified atom stereocenters. The molecule has 4 rings (SSSR count). The number of halogens is 3. The first-order valence-corrected chi connectivity index (χ1v) is 10.2. The zero-order chi connectivity index (χ0) is 24.0. The van der Waals surface area contributed by atoms with Crippen LogP contribution in [0.5, 0.6) is 0 Å². The minimum Gasteiger partial charge on any atom is -0.325 e. The third kappa shape index (κ3) is 4.57. The first-order chi connectivity index (χ1) is 15.4. The molecule has 1 aromatic carbocycles. The van der Waals surface area contributed by atoms with E-state index in [9.17, 15) is 18.0 Å². The molecule has 0 bridgehead atoms. The van der Waals surface area contributed by atoms with E-state index in [2.05, 4.69) is 20.4 Å². The van der Waals surface area contributed by atoms with Crippen LogP contribution in [0.25, 0.3) is 28.2 Å². The van der Waals surface area contributed by atoms with Gasteiger partial charge in [-0.3, -0.25) is 9.78 Å². The number of aromatic nitrogens is 4. The number of fused-ring (bicyclic) bond motifs is 1. The summed E-state index contributed by atoms with van der Waals surface area (Å²) in [5.41, 5.74) is 1.71. The average Bonchev–Trinajstić information content (AvgIpc) is 3.16. The summed E-state index contributed by atoms with van der Waals surface area (Å²) in [6.45, 7) is 6.79. The fourth-order valence-corrected chi connectivity index (χ4v) is 3.28. The topological polar surface area (TPSA) is 72.2 Å². The van der Waals surface area contributed by atoms with Crippen LogP contribution in [0.1, 0.15) is 32.0 Å². The maximum absolute atomic E-state index is 13.5. The molecular formula is C24H22F3N5O. The number of hydrogen-bond donors (Lipinski definition) is 1. The van der Waals surface area contributed by atoms with Crippen LogP contribution < -0.4 is 5.32 Å². The predicted octanol–water partition coefficient (Wildman–Crippen LogP) is 5.77. The lowest BCUT2D eigenvalue weighted by Gasteiger charge is -2.20. The van der Waals surface area contributed by atoms with Crippen LogP contribution in [-0.4, -0.2) is 25.5 Å². The van der Waals surface area contributed by atoms with Crippen molar-refractivity contribution in [3.8, 4) is 22.5 Å². The maximum Gasteiger partial charge on any atom is 0.418 e. The second-order valence-corrected chi connectivity index (χ2v) is 8.75. The Labute approximate surface area is 188 Å². The molecule has 0 fully saturated rings. The molecule has 170 valence electrons. The van der Waals surface area contributed by atoms with Crippen molar-refractivity contribution in [2.45, 2.75) is 33.9 Å². The number of alkyl halides is 3. The smallest absolute Gasteiger partial charge is 0.325 e. The van der Waals surface area contributed by atoms with Gasteiger partial charge in [-0.2, -0.15) is 18.3 Å². The SMILES string of the molecule is Cc1ncccc1-c1ccc2nc(-c3ccc(C(F)(F)F)c(NC(=O)C(C)(C)C)c3)cn2n1. The molecule has 1 amide bonds. The Balaban J connectivity index is 1.76. The minimum atomic E-state index is -4.62. The number of amides is 1. The molecule has 0 saturated heterocycles. The third-order valence-electron chi connectivity index (χ3n) is 5.15.